The molecule has 0 radical (unpaired) electrons. The fourth-order valence-electron chi connectivity index (χ4n) is 3.16. The fourth-order valence-corrected chi connectivity index (χ4v) is 3.16. The average molecular weight is 397 g/mol. The fraction of sp³-hybridized carbons (Fsp3) is 0.286. The van der Waals surface area contributed by atoms with Crippen LogP contribution in [0.15, 0.2) is 52.1 Å². The quantitative estimate of drug-likeness (QED) is 0.537. The van der Waals surface area contributed by atoms with Crippen molar-refractivity contribution in [3.8, 4) is 11.5 Å². The molecule has 1 atom stereocenters. The number of aromatic amines is 1. The Morgan fingerprint density at radius 1 is 1.34 bits per heavy atom. The van der Waals surface area contributed by atoms with Gasteiger partial charge in [0, 0.05) is 43.3 Å². The zero-order valence-electron chi connectivity index (χ0n) is 16.3. The molecular formula is C21H23N3O5. The Morgan fingerprint density at radius 3 is 2.72 bits per heavy atom. The molecule has 3 rings (SSSR count). The molecule has 2 heterocycles. The zero-order chi connectivity index (χ0) is 20.8. The SMILES string of the molecule is COc1ccc([C@@H](CC(=O)NCCc2cnc[nH]2)c2c(O)cc(C)oc2=O)cc1. The molecule has 152 valence electrons. The first-order valence-electron chi connectivity index (χ1n) is 9.19. The molecule has 8 heteroatoms. The molecular weight excluding hydrogens is 374 g/mol. The number of amides is 1. The summed E-state index contributed by atoms with van der Waals surface area (Å²) in [4.78, 5) is 31.9. The van der Waals surface area contributed by atoms with E-state index in [1.54, 1.807) is 50.8 Å². The van der Waals surface area contributed by atoms with Crippen molar-refractivity contribution in [2.45, 2.75) is 25.7 Å². The van der Waals surface area contributed by atoms with Crippen LogP contribution in [0.3, 0.4) is 0 Å². The molecule has 0 aliphatic rings. The van der Waals surface area contributed by atoms with E-state index >= 15 is 0 Å². The minimum absolute atomic E-state index is 0.0172. The van der Waals surface area contributed by atoms with E-state index in [1.807, 2.05) is 0 Å². The summed E-state index contributed by atoms with van der Waals surface area (Å²) in [7, 11) is 1.56. The van der Waals surface area contributed by atoms with Gasteiger partial charge in [-0.2, -0.15) is 0 Å². The number of ether oxygens (including phenoxy) is 1. The summed E-state index contributed by atoms with van der Waals surface area (Å²) in [5.41, 5.74) is 1.01. The molecule has 3 N–H and O–H groups in total. The third-order valence-electron chi connectivity index (χ3n) is 4.62. The number of hydrogen-bond acceptors (Lipinski definition) is 6. The van der Waals surface area contributed by atoms with Gasteiger partial charge in [0.25, 0.3) is 0 Å². The van der Waals surface area contributed by atoms with Gasteiger partial charge in [0.05, 0.1) is 19.0 Å². The number of aromatic hydroxyl groups is 1. The van der Waals surface area contributed by atoms with E-state index in [0.29, 0.717) is 30.0 Å². The highest BCUT2D eigenvalue weighted by Gasteiger charge is 2.25. The number of carbonyl (C=O) groups is 1. The number of benzene rings is 1. The minimum atomic E-state index is -0.662. The average Bonchev–Trinajstić information content (AvgIpc) is 3.20. The summed E-state index contributed by atoms with van der Waals surface area (Å²) in [5.74, 6) is -0.148. The predicted molar refractivity (Wildman–Crippen MR) is 106 cm³/mol. The van der Waals surface area contributed by atoms with Crippen molar-refractivity contribution in [2.75, 3.05) is 13.7 Å². The number of methoxy groups -OCH3 is 1. The van der Waals surface area contributed by atoms with Gasteiger partial charge in [0.15, 0.2) is 0 Å². The number of nitrogens with one attached hydrogen (secondary N) is 2. The van der Waals surface area contributed by atoms with Crippen LogP contribution in [0.4, 0.5) is 0 Å². The van der Waals surface area contributed by atoms with E-state index in [9.17, 15) is 14.7 Å². The van der Waals surface area contributed by atoms with Crippen LogP contribution >= 0.6 is 0 Å². The second kappa shape index (κ2) is 9.09. The van der Waals surface area contributed by atoms with Crippen LogP contribution in [0, 0.1) is 6.92 Å². The Kier molecular flexibility index (Phi) is 6.33. The number of carbonyl (C=O) groups excluding carboxylic acids is 1. The highest BCUT2D eigenvalue weighted by Crippen LogP contribution is 2.32. The van der Waals surface area contributed by atoms with Crippen LogP contribution in [0.1, 0.15) is 34.9 Å². The molecule has 0 spiro atoms. The van der Waals surface area contributed by atoms with Gasteiger partial charge in [-0.25, -0.2) is 9.78 Å². The molecule has 8 nitrogen and oxygen atoms in total. The summed E-state index contributed by atoms with van der Waals surface area (Å²) in [6, 6.07) is 8.39. The van der Waals surface area contributed by atoms with Gasteiger partial charge in [0.1, 0.15) is 17.3 Å². The Bertz CT molecular complexity index is 1010. The first-order valence-corrected chi connectivity index (χ1v) is 9.19. The smallest absolute Gasteiger partial charge is 0.343 e. The van der Waals surface area contributed by atoms with E-state index in [0.717, 1.165) is 5.69 Å². The maximum Gasteiger partial charge on any atom is 0.343 e. The third-order valence-corrected chi connectivity index (χ3v) is 4.62. The van der Waals surface area contributed by atoms with Gasteiger partial charge >= 0.3 is 5.63 Å². The van der Waals surface area contributed by atoms with E-state index < -0.39 is 11.5 Å². The molecule has 0 saturated carbocycles. The Hall–Kier alpha value is -3.55. The second-order valence-electron chi connectivity index (χ2n) is 6.65. The Balaban J connectivity index is 1.82. The summed E-state index contributed by atoms with van der Waals surface area (Å²) in [6.45, 7) is 2.00. The molecule has 0 aliphatic carbocycles. The van der Waals surface area contributed by atoms with Crippen LogP contribution in [0.2, 0.25) is 0 Å². The monoisotopic (exact) mass is 397 g/mol. The van der Waals surface area contributed by atoms with E-state index in [4.69, 9.17) is 9.15 Å². The largest absolute Gasteiger partial charge is 0.507 e. The lowest BCUT2D eigenvalue weighted by Gasteiger charge is -2.18. The summed E-state index contributed by atoms with van der Waals surface area (Å²) < 4.78 is 10.3. The van der Waals surface area contributed by atoms with Crippen molar-refractivity contribution >= 4 is 5.91 Å². The molecule has 1 aromatic carbocycles. The van der Waals surface area contributed by atoms with Gasteiger partial charge in [-0.1, -0.05) is 12.1 Å². The summed E-state index contributed by atoms with van der Waals surface area (Å²) in [5, 5.41) is 13.2. The van der Waals surface area contributed by atoms with Crippen molar-refractivity contribution in [3.05, 3.63) is 75.9 Å². The lowest BCUT2D eigenvalue weighted by Crippen LogP contribution is -2.28. The molecule has 3 aromatic rings. The maximum absolute atomic E-state index is 12.6. The third kappa shape index (κ3) is 5.04. The van der Waals surface area contributed by atoms with Gasteiger partial charge in [-0.05, 0) is 24.6 Å². The number of imidazole rings is 1. The van der Waals surface area contributed by atoms with Crippen LogP contribution in [0.25, 0.3) is 0 Å². The van der Waals surface area contributed by atoms with E-state index in [2.05, 4.69) is 15.3 Å². The van der Waals surface area contributed by atoms with E-state index in [1.165, 1.54) is 6.07 Å². The number of hydrogen-bond donors (Lipinski definition) is 3. The molecule has 0 aliphatic heterocycles. The Labute approximate surface area is 167 Å². The van der Waals surface area contributed by atoms with Crippen LogP contribution in [0.5, 0.6) is 11.5 Å². The topological polar surface area (TPSA) is 117 Å². The van der Waals surface area contributed by atoms with Crippen molar-refractivity contribution in [1.82, 2.24) is 15.3 Å². The summed E-state index contributed by atoms with van der Waals surface area (Å²) >= 11 is 0. The minimum Gasteiger partial charge on any atom is -0.507 e. The first kappa shape index (κ1) is 20.2. The normalized spacial score (nSPS) is 11.8. The first-order chi connectivity index (χ1) is 14.0. The number of H-pyrrole nitrogens is 1. The van der Waals surface area contributed by atoms with Crippen molar-refractivity contribution < 1.29 is 19.1 Å². The Morgan fingerprint density at radius 2 is 2.10 bits per heavy atom. The second-order valence-corrected chi connectivity index (χ2v) is 6.65. The van der Waals surface area contributed by atoms with Gasteiger partial charge < -0.3 is 24.6 Å². The number of aromatic nitrogens is 2. The van der Waals surface area contributed by atoms with Gasteiger partial charge in [-0.15, -0.1) is 0 Å². The molecule has 0 unspecified atom stereocenters. The molecule has 29 heavy (non-hydrogen) atoms. The van der Waals surface area contributed by atoms with Crippen LogP contribution < -0.4 is 15.7 Å². The highest BCUT2D eigenvalue weighted by atomic mass is 16.5. The number of rotatable bonds is 8. The number of aryl methyl sites for hydroxylation is 1. The van der Waals surface area contributed by atoms with Crippen LogP contribution in [-0.2, 0) is 11.2 Å². The van der Waals surface area contributed by atoms with Crippen LogP contribution in [-0.4, -0.2) is 34.6 Å². The standard InChI is InChI=1S/C21H23N3O5/c1-13-9-18(25)20(21(27)29-13)17(14-3-5-16(28-2)6-4-14)10-19(26)23-8-7-15-11-22-12-24-15/h3-6,9,11-12,17,25H,7-8,10H2,1-2H3,(H,22,24)(H,23,26)/t17-/m1/s1. The molecule has 2 aromatic heterocycles. The van der Waals surface area contributed by atoms with Crippen molar-refractivity contribution in [1.29, 1.82) is 0 Å². The summed E-state index contributed by atoms with van der Waals surface area (Å²) in [6.07, 6.45) is 3.87. The van der Waals surface area contributed by atoms with Gasteiger partial charge in [0.2, 0.25) is 5.91 Å². The molecule has 1 amide bonds. The predicted octanol–water partition coefficient (Wildman–Crippen LogP) is 2.27. The lowest BCUT2D eigenvalue weighted by molar-refractivity contribution is -0.121. The van der Waals surface area contributed by atoms with Gasteiger partial charge in [-0.3, -0.25) is 4.79 Å². The number of nitrogens with zero attached hydrogens (tertiary/aromatic N) is 1. The highest BCUT2D eigenvalue weighted by molar-refractivity contribution is 5.77. The zero-order valence-corrected chi connectivity index (χ0v) is 16.3. The molecule has 0 saturated heterocycles. The molecule has 0 fully saturated rings. The maximum atomic E-state index is 12.6. The molecule has 0 bridgehead atoms. The van der Waals surface area contributed by atoms with Crippen molar-refractivity contribution in [2.24, 2.45) is 0 Å². The van der Waals surface area contributed by atoms with E-state index in [-0.39, 0.29) is 23.6 Å². The van der Waals surface area contributed by atoms with Crippen molar-refractivity contribution in [3.63, 3.8) is 0 Å². The lowest BCUT2D eigenvalue weighted by atomic mass is 9.88.